The molecule has 3 N–H and O–H groups in total. The van der Waals surface area contributed by atoms with Crippen molar-refractivity contribution in [3.05, 3.63) is 24.3 Å². The molecule has 0 aliphatic carbocycles. The number of hydrogen-bond acceptors (Lipinski definition) is 2. The van der Waals surface area contributed by atoms with Crippen LogP contribution in [-0.4, -0.2) is 5.91 Å². The van der Waals surface area contributed by atoms with Gasteiger partial charge >= 0.3 is 0 Å². The molecule has 0 heterocycles. The SMILES string of the molecule is CC(C)C(=O)Nc1ccc(N)cc1. The van der Waals surface area contributed by atoms with E-state index in [1.807, 2.05) is 13.8 Å². The summed E-state index contributed by atoms with van der Waals surface area (Å²) in [6, 6.07) is 7.09. The van der Waals surface area contributed by atoms with E-state index in [-0.39, 0.29) is 11.8 Å². The fourth-order valence-electron chi connectivity index (χ4n) is 0.853. The molecule has 0 aliphatic heterocycles. The Morgan fingerprint density at radius 1 is 1.31 bits per heavy atom. The van der Waals surface area contributed by atoms with Gasteiger partial charge in [-0.15, -0.1) is 0 Å². The van der Waals surface area contributed by atoms with E-state index in [0.717, 1.165) is 5.69 Å². The summed E-state index contributed by atoms with van der Waals surface area (Å²) in [5.74, 6) is 0.0160. The highest BCUT2D eigenvalue weighted by Crippen LogP contribution is 2.11. The van der Waals surface area contributed by atoms with Gasteiger partial charge in [0.15, 0.2) is 0 Å². The number of nitrogen functional groups attached to an aromatic ring is 1. The summed E-state index contributed by atoms with van der Waals surface area (Å²) in [5, 5.41) is 2.77. The van der Waals surface area contributed by atoms with Crippen molar-refractivity contribution in [3.63, 3.8) is 0 Å². The molecule has 0 fully saturated rings. The highest BCUT2D eigenvalue weighted by molar-refractivity contribution is 5.92. The lowest BCUT2D eigenvalue weighted by molar-refractivity contribution is -0.118. The van der Waals surface area contributed by atoms with Crippen molar-refractivity contribution in [2.75, 3.05) is 11.1 Å². The molecular formula is C10H14N2O. The van der Waals surface area contributed by atoms with E-state index >= 15 is 0 Å². The Bertz CT molecular complexity index is 290. The third-order valence-electron chi connectivity index (χ3n) is 1.70. The second kappa shape index (κ2) is 3.94. The highest BCUT2D eigenvalue weighted by Gasteiger charge is 2.05. The molecule has 0 aromatic heterocycles. The minimum atomic E-state index is -0.00227. The average Bonchev–Trinajstić information content (AvgIpc) is 2.08. The van der Waals surface area contributed by atoms with Crippen LogP contribution in [0.1, 0.15) is 13.8 Å². The van der Waals surface area contributed by atoms with Crippen LogP contribution in [0.4, 0.5) is 11.4 Å². The van der Waals surface area contributed by atoms with Crippen molar-refractivity contribution in [3.8, 4) is 0 Å². The van der Waals surface area contributed by atoms with Gasteiger partial charge < -0.3 is 11.1 Å². The maximum atomic E-state index is 11.3. The predicted molar refractivity (Wildman–Crippen MR) is 54.3 cm³/mol. The topological polar surface area (TPSA) is 55.1 Å². The molecule has 1 rings (SSSR count). The molecule has 13 heavy (non-hydrogen) atoms. The second-order valence-corrected chi connectivity index (χ2v) is 3.27. The van der Waals surface area contributed by atoms with Crippen molar-refractivity contribution in [1.82, 2.24) is 0 Å². The summed E-state index contributed by atoms with van der Waals surface area (Å²) < 4.78 is 0. The Morgan fingerprint density at radius 2 is 1.85 bits per heavy atom. The molecule has 1 aromatic rings. The summed E-state index contributed by atoms with van der Waals surface area (Å²) in [6.45, 7) is 3.71. The number of anilines is 2. The van der Waals surface area contributed by atoms with Crippen LogP contribution >= 0.6 is 0 Å². The standard InChI is InChI=1S/C10H14N2O/c1-7(2)10(13)12-9-5-3-8(11)4-6-9/h3-7H,11H2,1-2H3,(H,12,13). The molecule has 0 saturated heterocycles. The van der Waals surface area contributed by atoms with Gasteiger partial charge in [-0.3, -0.25) is 4.79 Å². The zero-order valence-corrected chi connectivity index (χ0v) is 7.87. The summed E-state index contributed by atoms with van der Waals surface area (Å²) >= 11 is 0. The molecule has 1 amide bonds. The molecule has 0 unspecified atom stereocenters. The molecule has 70 valence electrons. The Morgan fingerprint density at radius 3 is 2.31 bits per heavy atom. The van der Waals surface area contributed by atoms with Crippen LogP contribution in [-0.2, 0) is 4.79 Å². The Hall–Kier alpha value is -1.51. The first kappa shape index (κ1) is 9.58. The van der Waals surface area contributed by atoms with Crippen LogP contribution in [0.5, 0.6) is 0 Å². The molecule has 0 saturated carbocycles. The van der Waals surface area contributed by atoms with Crippen LogP contribution in [0, 0.1) is 5.92 Å². The number of carbonyl (C=O) groups is 1. The smallest absolute Gasteiger partial charge is 0.226 e. The van der Waals surface area contributed by atoms with Crippen molar-refractivity contribution in [1.29, 1.82) is 0 Å². The third kappa shape index (κ3) is 2.78. The number of nitrogens with two attached hydrogens (primary N) is 1. The lowest BCUT2D eigenvalue weighted by atomic mass is 10.2. The third-order valence-corrected chi connectivity index (χ3v) is 1.70. The van der Waals surface area contributed by atoms with E-state index in [1.165, 1.54) is 0 Å². The summed E-state index contributed by atoms with van der Waals surface area (Å²) in [7, 11) is 0. The maximum absolute atomic E-state index is 11.3. The molecule has 0 radical (unpaired) electrons. The largest absolute Gasteiger partial charge is 0.399 e. The van der Waals surface area contributed by atoms with E-state index in [4.69, 9.17) is 5.73 Å². The zero-order chi connectivity index (χ0) is 9.84. The molecule has 0 spiro atoms. The molecular weight excluding hydrogens is 164 g/mol. The molecule has 3 heteroatoms. The van der Waals surface area contributed by atoms with Crippen molar-refractivity contribution in [2.24, 2.45) is 5.92 Å². The number of rotatable bonds is 2. The molecule has 0 aliphatic rings. The Balaban J connectivity index is 2.65. The van der Waals surface area contributed by atoms with Crippen molar-refractivity contribution >= 4 is 17.3 Å². The van der Waals surface area contributed by atoms with E-state index in [0.29, 0.717) is 5.69 Å². The van der Waals surface area contributed by atoms with Gasteiger partial charge in [0.05, 0.1) is 0 Å². The van der Waals surface area contributed by atoms with Gasteiger partial charge in [0, 0.05) is 17.3 Å². The van der Waals surface area contributed by atoms with E-state index in [9.17, 15) is 4.79 Å². The molecule has 3 nitrogen and oxygen atoms in total. The fourth-order valence-corrected chi connectivity index (χ4v) is 0.853. The Labute approximate surface area is 77.9 Å². The molecule has 0 atom stereocenters. The van der Waals surface area contributed by atoms with Crippen LogP contribution in [0.2, 0.25) is 0 Å². The lowest BCUT2D eigenvalue weighted by Gasteiger charge is -2.07. The van der Waals surface area contributed by atoms with Crippen LogP contribution in [0.15, 0.2) is 24.3 Å². The second-order valence-electron chi connectivity index (χ2n) is 3.27. The minimum absolute atomic E-state index is 0.00227. The normalized spacial score (nSPS) is 10.1. The van der Waals surface area contributed by atoms with E-state index in [2.05, 4.69) is 5.32 Å². The number of benzene rings is 1. The minimum Gasteiger partial charge on any atom is -0.399 e. The number of hydrogen-bond donors (Lipinski definition) is 2. The first-order valence-corrected chi connectivity index (χ1v) is 4.26. The fraction of sp³-hybridized carbons (Fsp3) is 0.300. The van der Waals surface area contributed by atoms with Gasteiger partial charge in [-0.25, -0.2) is 0 Å². The maximum Gasteiger partial charge on any atom is 0.226 e. The average molecular weight is 178 g/mol. The van der Waals surface area contributed by atoms with Gasteiger partial charge in [-0.05, 0) is 24.3 Å². The molecule has 0 bridgehead atoms. The zero-order valence-electron chi connectivity index (χ0n) is 7.87. The van der Waals surface area contributed by atoms with Gasteiger partial charge in [0.25, 0.3) is 0 Å². The van der Waals surface area contributed by atoms with Gasteiger partial charge in [-0.2, -0.15) is 0 Å². The highest BCUT2D eigenvalue weighted by atomic mass is 16.1. The number of amides is 1. The van der Waals surface area contributed by atoms with Crippen molar-refractivity contribution < 1.29 is 4.79 Å². The van der Waals surface area contributed by atoms with Crippen molar-refractivity contribution in [2.45, 2.75) is 13.8 Å². The number of nitrogens with one attached hydrogen (secondary N) is 1. The van der Waals surface area contributed by atoms with E-state index < -0.39 is 0 Å². The predicted octanol–water partition coefficient (Wildman–Crippen LogP) is 1.86. The van der Waals surface area contributed by atoms with Crippen LogP contribution in [0.25, 0.3) is 0 Å². The van der Waals surface area contributed by atoms with Crippen LogP contribution < -0.4 is 11.1 Å². The quantitative estimate of drug-likeness (QED) is 0.679. The Kier molecular flexibility index (Phi) is 2.90. The van der Waals surface area contributed by atoms with Gasteiger partial charge in [0.2, 0.25) is 5.91 Å². The monoisotopic (exact) mass is 178 g/mol. The summed E-state index contributed by atoms with van der Waals surface area (Å²) in [5.41, 5.74) is 6.99. The summed E-state index contributed by atoms with van der Waals surface area (Å²) in [4.78, 5) is 11.3. The summed E-state index contributed by atoms with van der Waals surface area (Å²) in [6.07, 6.45) is 0. The van der Waals surface area contributed by atoms with Crippen LogP contribution in [0.3, 0.4) is 0 Å². The lowest BCUT2D eigenvalue weighted by Crippen LogP contribution is -2.17. The molecule has 1 aromatic carbocycles. The first-order chi connectivity index (χ1) is 6.09. The van der Waals surface area contributed by atoms with Gasteiger partial charge in [-0.1, -0.05) is 13.8 Å². The van der Waals surface area contributed by atoms with E-state index in [1.54, 1.807) is 24.3 Å². The first-order valence-electron chi connectivity index (χ1n) is 4.26. The van der Waals surface area contributed by atoms with Gasteiger partial charge in [0.1, 0.15) is 0 Å². The number of carbonyl (C=O) groups excluding carboxylic acids is 1.